The zero-order chi connectivity index (χ0) is 14.1. The highest BCUT2D eigenvalue weighted by Gasteiger charge is 2.16. The van der Waals surface area contributed by atoms with Gasteiger partial charge < -0.3 is 8.98 Å². The minimum atomic E-state index is -0.310. The van der Waals surface area contributed by atoms with Crippen LogP contribution >= 0.6 is 11.3 Å². The van der Waals surface area contributed by atoms with Crippen LogP contribution in [0.4, 0.5) is 5.13 Å². The van der Waals surface area contributed by atoms with Gasteiger partial charge in [-0.2, -0.15) is 0 Å². The van der Waals surface area contributed by atoms with E-state index in [0.717, 1.165) is 16.4 Å². The van der Waals surface area contributed by atoms with Crippen LogP contribution in [0.2, 0.25) is 0 Å². The Morgan fingerprint density at radius 1 is 1.50 bits per heavy atom. The van der Waals surface area contributed by atoms with Crippen LogP contribution in [0, 0.1) is 6.92 Å². The van der Waals surface area contributed by atoms with Gasteiger partial charge in [0, 0.05) is 19.4 Å². The van der Waals surface area contributed by atoms with Crippen LogP contribution in [0.5, 0.6) is 0 Å². The van der Waals surface area contributed by atoms with Gasteiger partial charge in [0.1, 0.15) is 0 Å². The normalized spacial score (nSPS) is 10.7. The lowest BCUT2D eigenvalue weighted by Crippen LogP contribution is -2.10. The Balaban J connectivity index is 1.86. The predicted octanol–water partition coefficient (Wildman–Crippen LogP) is 2.70. The summed E-state index contributed by atoms with van der Waals surface area (Å²) in [6.07, 6.45) is 5.06. The third kappa shape index (κ3) is 2.23. The Hall–Kier alpha value is -2.41. The molecule has 3 rings (SSSR count). The predicted molar refractivity (Wildman–Crippen MR) is 75.7 cm³/mol. The topological polar surface area (TPSA) is 73.0 Å². The van der Waals surface area contributed by atoms with Crippen LogP contribution in [0.25, 0.3) is 10.7 Å². The van der Waals surface area contributed by atoms with E-state index in [1.54, 1.807) is 18.3 Å². The highest BCUT2D eigenvalue weighted by Crippen LogP contribution is 2.31. The first-order valence-corrected chi connectivity index (χ1v) is 6.77. The van der Waals surface area contributed by atoms with E-state index in [9.17, 15) is 4.79 Å². The molecule has 3 aromatic heterocycles. The van der Waals surface area contributed by atoms with Gasteiger partial charge in [0.2, 0.25) is 0 Å². The highest BCUT2D eigenvalue weighted by molar-refractivity contribution is 7.19. The molecule has 3 aromatic rings. The van der Waals surface area contributed by atoms with Gasteiger partial charge in [-0.25, -0.2) is 9.97 Å². The Bertz CT molecular complexity index is 742. The van der Waals surface area contributed by atoms with Gasteiger partial charge in [-0.1, -0.05) is 11.3 Å². The minimum absolute atomic E-state index is 0.261. The molecule has 1 N–H and O–H groups in total. The van der Waals surface area contributed by atoms with Crippen molar-refractivity contribution in [1.29, 1.82) is 0 Å². The molecule has 0 aliphatic carbocycles. The zero-order valence-electron chi connectivity index (χ0n) is 11.0. The molecule has 1 amide bonds. The number of carbonyl (C=O) groups is 1. The van der Waals surface area contributed by atoms with Crippen molar-refractivity contribution >= 4 is 22.4 Å². The summed E-state index contributed by atoms with van der Waals surface area (Å²) in [4.78, 5) is 21.5. The standard InChI is InChI=1S/C13H12N4O2S/c1-8-10(11-14-5-6-17(11)2)20-13(15-8)16-12(18)9-4-3-7-19-9/h3-7H,1-2H3,(H,15,16,18). The summed E-state index contributed by atoms with van der Waals surface area (Å²) in [7, 11) is 1.92. The summed E-state index contributed by atoms with van der Waals surface area (Å²) in [5.41, 5.74) is 0.832. The maximum atomic E-state index is 11.9. The van der Waals surface area contributed by atoms with E-state index in [1.165, 1.54) is 17.6 Å². The molecule has 0 atom stereocenters. The van der Waals surface area contributed by atoms with E-state index >= 15 is 0 Å². The fraction of sp³-hybridized carbons (Fsp3) is 0.154. The Morgan fingerprint density at radius 2 is 2.35 bits per heavy atom. The van der Waals surface area contributed by atoms with Crippen LogP contribution in [-0.2, 0) is 7.05 Å². The molecule has 0 saturated heterocycles. The Kier molecular flexibility index (Phi) is 3.11. The van der Waals surface area contributed by atoms with Crippen LogP contribution in [0.1, 0.15) is 16.2 Å². The number of aromatic nitrogens is 3. The van der Waals surface area contributed by atoms with Gasteiger partial charge in [-0.05, 0) is 19.1 Å². The molecule has 0 fully saturated rings. The molecular formula is C13H12N4O2S. The molecule has 0 aliphatic heterocycles. The molecule has 102 valence electrons. The summed E-state index contributed by atoms with van der Waals surface area (Å²) < 4.78 is 6.96. The molecule has 0 saturated carbocycles. The second kappa shape index (κ2) is 4.93. The van der Waals surface area contributed by atoms with Gasteiger partial charge in [0.05, 0.1) is 16.8 Å². The summed E-state index contributed by atoms with van der Waals surface area (Å²) in [6, 6.07) is 3.27. The average Bonchev–Trinajstić information content (AvgIpc) is 3.10. The van der Waals surface area contributed by atoms with Gasteiger partial charge in [0.15, 0.2) is 16.7 Å². The molecule has 6 nitrogen and oxygen atoms in total. The van der Waals surface area contributed by atoms with E-state index in [2.05, 4.69) is 15.3 Å². The molecule has 0 aliphatic rings. The second-order valence-electron chi connectivity index (χ2n) is 4.23. The van der Waals surface area contributed by atoms with Crippen LogP contribution in [-0.4, -0.2) is 20.4 Å². The van der Waals surface area contributed by atoms with Crippen molar-refractivity contribution in [3.05, 3.63) is 42.2 Å². The van der Waals surface area contributed by atoms with Crippen LogP contribution in [0.3, 0.4) is 0 Å². The molecule has 0 bridgehead atoms. The number of thiazole rings is 1. The van der Waals surface area contributed by atoms with Gasteiger partial charge >= 0.3 is 0 Å². The minimum Gasteiger partial charge on any atom is -0.459 e. The van der Waals surface area contributed by atoms with Crippen molar-refractivity contribution in [2.45, 2.75) is 6.92 Å². The summed E-state index contributed by atoms with van der Waals surface area (Å²) in [6.45, 7) is 1.89. The van der Waals surface area contributed by atoms with E-state index < -0.39 is 0 Å². The number of aryl methyl sites for hydroxylation is 2. The van der Waals surface area contributed by atoms with Gasteiger partial charge in [-0.15, -0.1) is 0 Å². The van der Waals surface area contributed by atoms with E-state index in [4.69, 9.17) is 4.42 Å². The SMILES string of the molecule is Cc1nc(NC(=O)c2ccco2)sc1-c1nccn1C. The van der Waals surface area contributed by atoms with Crippen molar-refractivity contribution < 1.29 is 9.21 Å². The van der Waals surface area contributed by atoms with Crippen LogP contribution < -0.4 is 5.32 Å². The van der Waals surface area contributed by atoms with Crippen LogP contribution in [0.15, 0.2) is 35.2 Å². The van der Waals surface area contributed by atoms with E-state index in [0.29, 0.717) is 5.13 Å². The monoisotopic (exact) mass is 288 g/mol. The molecule has 0 radical (unpaired) electrons. The Morgan fingerprint density at radius 3 is 3.00 bits per heavy atom. The number of hydrogen-bond acceptors (Lipinski definition) is 5. The van der Waals surface area contributed by atoms with E-state index in [-0.39, 0.29) is 11.7 Å². The lowest BCUT2D eigenvalue weighted by molar-refractivity contribution is 0.0996. The first kappa shape index (κ1) is 12.6. The number of carbonyl (C=O) groups excluding carboxylic acids is 1. The van der Waals surface area contributed by atoms with E-state index in [1.807, 2.05) is 24.7 Å². The van der Waals surface area contributed by atoms with Crippen molar-refractivity contribution in [3.8, 4) is 10.7 Å². The number of anilines is 1. The van der Waals surface area contributed by atoms with Crippen molar-refractivity contribution in [2.75, 3.05) is 5.32 Å². The van der Waals surface area contributed by atoms with Gasteiger partial charge in [0.25, 0.3) is 5.91 Å². The van der Waals surface area contributed by atoms with Crippen molar-refractivity contribution in [3.63, 3.8) is 0 Å². The summed E-state index contributed by atoms with van der Waals surface area (Å²) in [5, 5.41) is 3.25. The molecular weight excluding hydrogens is 276 g/mol. The zero-order valence-corrected chi connectivity index (χ0v) is 11.8. The first-order valence-electron chi connectivity index (χ1n) is 5.95. The lowest BCUT2D eigenvalue weighted by atomic mass is 10.4. The summed E-state index contributed by atoms with van der Waals surface area (Å²) in [5.74, 6) is 0.782. The third-order valence-corrected chi connectivity index (χ3v) is 3.86. The number of hydrogen-bond donors (Lipinski definition) is 1. The van der Waals surface area contributed by atoms with Crippen molar-refractivity contribution in [2.24, 2.45) is 7.05 Å². The Labute approximate surface area is 119 Å². The smallest absolute Gasteiger partial charge is 0.293 e. The maximum absolute atomic E-state index is 11.9. The number of rotatable bonds is 3. The van der Waals surface area contributed by atoms with Gasteiger partial charge in [-0.3, -0.25) is 10.1 Å². The fourth-order valence-corrected chi connectivity index (χ4v) is 2.81. The largest absolute Gasteiger partial charge is 0.459 e. The number of imidazole rings is 1. The molecule has 0 spiro atoms. The van der Waals surface area contributed by atoms with Crippen molar-refractivity contribution in [1.82, 2.24) is 14.5 Å². The third-order valence-electron chi connectivity index (χ3n) is 2.79. The number of amides is 1. The average molecular weight is 288 g/mol. The fourth-order valence-electron chi connectivity index (χ4n) is 1.81. The first-order chi connectivity index (χ1) is 9.65. The number of furan rings is 1. The molecule has 7 heteroatoms. The molecule has 20 heavy (non-hydrogen) atoms. The quantitative estimate of drug-likeness (QED) is 0.804. The molecule has 0 unspecified atom stereocenters. The number of nitrogens with zero attached hydrogens (tertiary/aromatic N) is 3. The summed E-state index contributed by atoms with van der Waals surface area (Å²) >= 11 is 1.39. The lowest BCUT2D eigenvalue weighted by Gasteiger charge is -1.98. The maximum Gasteiger partial charge on any atom is 0.293 e. The molecule has 3 heterocycles. The second-order valence-corrected chi connectivity index (χ2v) is 5.23. The number of nitrogens with one attached hydrogen (secondary N) is 1. The molecule has 0 aromatic carbocycles. The highest BCUT2D eigenvalue weighted by atomic mass is 32.1.